The Hall–Kier alpha value is -2.79. The molecule has 0 aliphatic carbocycles. The van der Waals surface area contributed by atoms with Gasteiger partial charge in [-0.2, -0.15) is 0 Å². The van der Waals surface area contributed by atoms with Crippen molar-refractivity contribution in [2.75, 3.05) is 6.61 Å². The third-order valence-electron chi connectivity index (χ3n) is 5.01. The van der Waals surface area contributed by atoms with Gasteiger partial charge in [-0.3, -0.25) is 4.79 Å². The van der Waals surface area contributed by atoms with Crippen molar-refractivity contribution in [1.29, 1.82) is 0 Å². The van der Waals surface area contributed by atoms with Gasteiger partial charge in [0.25, 0.3) is 0 Å². The van der Waals surface area contributed by atoms with Gasteiger partial charge >= 0.3 is 0 Å². The van der Waals surface area contributed by atoms with Crippen molar-refractivity contribution in [3.63, 3.8) is 0 Å². The summed E-state index contributed by atoms with van der Waals surface area (Å²) in [6.07, 6.45) is 1.82. The first kappa shape index (κ1) is 18.6. The molecule has 0 unspecified atom stereocenters. The molecule has 0 radical (unpaired) electrons. The van der Waals surface area contributed by atoms with E-state index in [1.807, 2.05) is 25.1 Å². The molecule has 2 heterocycles. The minimum absolute atomic E-state index is 0.0284. The number of fused-ring (bicyclic) bond motifs is 1. The molecular formula is C22H21ClN2O3. The molecule has 5 nitrogen and oxygen atoms in total. The van der Waals surface area contributed by atoms with E-state index in [4.69, 9.17) is 20.9 Å². The first-order chi connectivity index (χ1) is 13.6. The van der Waals surface area contributed by atoms with Crippen molar-refractivity contribution in [3.05, 3.63) is 70.1 Å². The highest BCUT2D eigenvalue weighted by molar-refractivity contribution is 6.29. The molecule has 1 amide bonds. The molecule has 0 spiro atoms. The maximum Gasteiger partial charge on any atom is 0.229 e. The van der Waals surface area contributed by atoms with Crippen LogP contribution in [0.1, 0.15) is 28.8 Å². The Morgan fingerprint density at radius 1 is 1.18 bits per heavy atom. The fourth-order valence-corrected chi connectivity index (χ4v) is 3.61. The summed E-state index contributed by atoms with van der Waals surface area (Å²) in [5, 5.41) is 7.00. The number of halogens is 1. The van der Waals surface area contributed by atoms with Crippen molar-refractivity contribution < 1.29 is 14.1 Å². The summed E-state index contributed by atoms with van der Waals surface area (Å²) in [4.78, 5) is 12.1. The normalized spacial score (nSPS) is 12.5. The monoisotopic (exact) mass is 396 g/mol. The number of aromatic nitrogens is 1. The largest absolute Gasteiger partial charge is 0.493 e. The number of carbonyl (C=O) groups excluding carboxylic acids is 1. The van der Waals surface area contributed by atoms with Gasteiger partial charge in [-0.25, -0.2) is 0 Å². The lowest BCUT2D eigenvalue weighted by Crippen LogP contribution is -2.23. The van der Waals surface area contributed by atoms with Crippen LogP contribution in [-0.2, 0) is 24.2 Å². The molecule has 1 N–H and O–H groups in total. The number of benzene rings is 2. The number of nitrogens with zero attached hydrogens (tertiary/aromatic N) is 1. The Morgan fingerprint density at radius 2 is 1.96 bits per heavy atom. The summed E-state index contributed by atoms with van der Waals surface area (Å²) in [6, 6.07) is 14.6. The van der Waals surface area contributed by atoms with Crippen LogP contribution in [0.4, 0.5) is 0 Å². The van der Waals surface area contributed by atoms with E-state index < -0.39 is 0 Å². The number of ether oxygens (including phenoxy) is 1. The molecule has 0 fully saturated rings. The number of hydrogen-bond acceptors (Lipinski definition) is 4. The maximum atomic E-state index is 12.1. The van der Waals surface area contributed by atoms with Crippen LogP contribution in [0.2, 0.25) is 5.22 Å². The summed E-state index contributed by atoms with van der Waals surface area (Å²) in [6.45, 7) is 3.08. The van der Waals surface area contributed by atoms with Gasteiger partial charge < -0.3 is 14.6 Å². The van der Waals surface area contributed by atoms with Gasteiger partial charge in [0.2, 0.25) is 11.1 Å². The first-order valence-corrected chi connectivity index (χ1v) is 9.70. The van der Waals surface area contributed by atoms with Gasteiger partial charge in [-0.05, 0) is 59.3 Å². The molecule has 0 atom stereocenters. The summed E-state index contributed by atoms with van der Waals surface area (Å²) in [7, 11) is 0. The number of nitrogens with one attached hydrogen (secondary N) is 1. The third kappa shape index (κ3) is 4.04. The van der Waals surface area contributed by atoms with Crippen molar-refractivity contribution in [3.8, 4) is 16.9 Å². The quantitative estimate of drug-likeness (QED) is 0.666. The van der Waals surface area contributed by atoms with E-state index >= 15 is 0 Å². The Kier molecular flexibility index (Phi) is 5.35. The molecule has 28 heavy (non-hydrogen) atoms. The minimum atomic E-state index is -0.0284. The van der Waals surface area contributed by atoms with E-state index in [0.29, 0.717) is 19.4 Å². The summed E-state index contributed by atoms with van der Waals surface area (Å²) >= 11 is 5.93. The molecule has 2 aromatic carbocycles. The first-order valence-electron chi connectivity index (χ1n) is 9.32. The lowest BCUT2D eigenvalue weighted by molar-refractivity contribution is -0.121. The summed E-state index contributed by atoms with van der Waals surface area (Å²) < 4.78 is 10.5. The average Bonchev–Trinajstić information content (AvgIpc) is 3.31. The molecule has 0 saturated heterocycles. The second-order valence-electron chi connectivity index (χ2n) is 6.91. The molecule has 0 saturated carbocycles. The fraction of sp³-hybridized carbons (Fsp3) is 0.273. The zero-order valence-electron chi connectivity index (χ0n) is 15.6. The third-order valence-corrected chi connectivity index (χ3v) is 5.30. The van der Waals surface area contributed by atoms with Crippen LogP contribution in [-0.4, -0.2) is 17.7 Å². The van der Waals surface area contributed by atoms with E-state index in [-0.39, 0.29) is 11.1 Å². The molecule has 1 aromatic heterocycles. The van der Waals surface area contributed by atoms with Crippen LogP contribution in [0.15, 0.2) is 47.0 Å². The highest BCUT2D eigenvalue weighted by atomic mass is 35.5. The Labute approximate surface area is 168 Å². The van der Waals surface area contributed by atoms with Gasteiger partial charge in [0, 0.05) is 24.9 Å². The maximum absolute atomic E-state index is 12.1. The van der Waals surface area contributed by atoms with Gasteiger partial charge in [-0.15, -0.1) is 0 Å². The summed E-state index contributed by atoms with van der Waals surface area (Å²) in [5.41, 5.74) is 6.17. The van der Waals surface area contributed by atoms with Crippen LogP contribution < -0.4 is 10.1 Å². The Balaban J connectivity index is 1.31. The number of carbonyl (C=O) groups is 1. The highest BCUT2D eigenvalue weighted by Crippen LogP contribution is 2.30. The van der Waals surface area contributed by atoms with Crippen molar-refractivity contribution in [2.45, 2.75) is 32.7 Å². The van der Waals surface area contributed by atoms with Gasteiger partial charge in [0.15, 0.2) is 0 Å². The molecule has 0 bridgehead atoms. The minimum Gasteiger partial charge on any atom is -0.493 e. The number of hydrogen-bond donors (Lipinski definition) is 1. The van der Waals surface area contributed by atoms with Gasteiger partial charge in [0.05, 0.1) is 12.3 Å². The molecule has 1 aliphatic rings. The van der Waals surface area contributed by atoms with Crippen LogP contribution >= 0.6 is 11.6 Å². The topological polar surface area (TPSA) is 64.4 Å². The SMILES string of the molecule is Cc1noc(Cl)c1CCC(=O)NCc1ccc(-c2ccc3c(c2)CCO3)cc1. The molecular weight excluding hydrogens is 376 g/mol. The average molecular weight is 397 g/mol. The molecule has 3 aromatic rings. The molecule has 4 rings (SSSR count). The lowest BCUT2D eigenvalue weighted by atomic mass is 10.0. The smallest absolute Gasteiger partial charge is 0.229 e. The van der Waals surface area contributed by atoms with Gasteiger partial charge in [-0.1, -0.05) is 35.5 Å². The van der Waals surface area contributed by atoms with Crippen molar-refractivity contribution in [1.82, 2.24) is 10.5 Å². The Morgan fingerprint density at radius 3 is 2.71 bits per heavy atom. The van der Waals surface area contributed by atoms with Crippen LogP contribution in [0.3, 0.4) is 0 Å². The van der Waals surface area contributed by atoms with E-state index in [2.05, 4.69) is 34.7 Å². The van der Waals surface area contributed by atoms with Crippen LogP contribution in [0, 0.1) is 6.92 Å². The second kappa shape index (κ2) is 8.07. The number of aryl methyl sites for hydroxylation is 1. The van der Waals surface area contributed by atoms with Gasteiger partial charge in [0.1, 0.15) is 5.75 Å². The zero-order valence-corrected chi connectivity index (χ0v) is 16.4. The predicted octanol–water partition coefficient (Wildman–Crippen LogP) is 4.49. The van der Waals surface area contributed by atoms with E-state index in [1.165, 1.54) is 11.1 Å². The second-order valence-corrected chi connectivity index (χ2v) is 7.26. The zero-order chi connectivity index (χ0) is 19.5. The van der Waals surface area contributed by atoms with Crippen molar-refractivity contribution in [2.24, 2.45) is 0 Å². The van der Waals surface area contributed by atoms with E-state index in [1.54, 1.807) is 0 Å². The number of rotatable bonds is 6. The van der Waals surface area contributed by atoms with E-state index in [9.17, 15) is 4.79 Å². The molecule has 1 aliphatic heterocycles. The predicted molar refractivity (Wildman–Crippen MR) is 107 cm³/mol. The van der Waals surface area contributed by atoms with Crippen LogP contribution in [0.5, 0.6) is 5.75 Å². The highest BCUT2D eigenvalue weighted by Gasteiger charge is 2.14. The standard InChI is InChI=1S/C22H21ClN2O3/c1-14-19(22(23)28-25-14)7-9-21(26)24-13-15-2-4-16(5-3-15)17-6-8-20-18(12-17)10-11-27-20/h2-6,8,12H,7,9-11,13H2,1H3,(H,24,26). The molecule has 144 valence electrons. The number of amides is 1. The summed E-state index contributed by atoms with van der Waals surface area (Å²) in [5.74, 6) is 0.963. The van der Waals surface area contributed by atoms with Crippen LogP contribution in [0.25, 0.3) is 11.1 Å². The molecule has 6 heteroatoms. The fourth-order valence-electron chi connectivity index (χ4n) is 3.35. The van der Waals surface area contributed by atoms with E-state index in [0.717, 1.165) is 41.2 Å². The lowest BCUT2D eigenvalue weighted by Gasteiger charge is -2.08. The Bertz CT molecular complexity index is 976. The van der Waals surface area contributed by atoms with Crippen molar-refractivity contribution >= 4 is 17.5 Å².